The average Bonchev–Trinajstić information content (AvgIpc) is 3.79. The van der Waals surface area contributed by atoms with Gasteiger partial charge in [0.1, 0.15) is 17.1 Å². The molecule has 5 aromatic rings. The van der Waals surface area contributed by atoms with E-state index in [0.717, 1.165) is 30.0 Å². The van der Waals surface area contributed by atoms with E-state index in [-0.39, 0.29) is 23.0 Å². The second-order valence-corrected chi connectivity index (χ2v) is 12.2. The molecule has 12 heteroatoms. The molecule has 1 N–H and O–H groups in total. The lowest BCUT2D eigenvalue weighted by molar-refractivity contribution is 0.0695. The van der Waals surface area contributed by atoms with E-state index in [1.165, 1.54) is 31.5 Å². The molecule has 1 saturated carbocycles. The zero-order valence-corrected chi connectivity index (χ0v) is 25.5. The number of hydrogen-bond acceptors (Lipinski definition) is 8. The van der Waals surface area contributed by atoms with Gasteiger partial charge >= 0.3 is 5.97 Å². The minimum absolute atomic E-state index is 0.0452. The van der Waals surface area contributed by atoms with Crippen molar-refractivity contribution < 1.29 is 18.7 Å². The highest BCUT2D eigenvalue weighted by molar-refractivity contribution is 5.93. The molecule has 1 aliphatic heterocycles. The van der Waals surface area contributed by atoms with Crippen molar-refractivity contribution in [2.45, 2.75) is 57.2 Å². The second kappa shape index (κ2) is 12.9. The van der Waals surface area contributed by atoms with Crippen LogP contribution in [0.15, 0.2) is 76.3 Å². The van der Waals surface area contributed by atoms with E-state index in [2.05, 4.69) is 20.4 Å². The fraction of sp³-hybridized carbons (Fsp3) is 0.382. The zero-order valence-electron chi connectivity index (χ0n) is 25.5. The van der Waals surface area contributed by atoms with E-state index in [1.54, 1.807) is 16.9 Å². The van der Waals surface area contributed by atoms with Gasteiger partial charge in [-0.25, -0.2) is 13.9 Å². The quantitative estimate of drug-likeness (QED) is 0.239. The third-order valence-corrected chi connectivity index (χ3v) is 9.38. The Balaban J connectivity index is 1.18. The Morgan fingerprint density at radius 2 is 1.80 bits per heavy atom. The van der Waals surface area contributed by atoms with Crippen molar-refractivity contribution in [3.63, 3.8) is 0 Å². The molecule has 2 aromatic carbocycles. The van der Waals surface area contributed by atoms with Crippen molar-refractivity contribution in [2.75, 3.05) is 31.1 Å². The first-order valence-electron chi connectivity index (χ1n) is 15.9. The van der Waals surface area contributed by atoms with Gasteiger partial charge in [-0.2, -0.15) is 0 Å². The largest absolute Gasteiger partial charge is 0.477 e. The van der Waals surface area contributed by atoms with Crippen LogP contribution in [0.25, 0.3) is 10.9 Å². The van der Waals surface area contributed by atoms with Crippen LogP contribution in [0.5, 0.6) is 0 Å². The summed E-state index contributed by atoms with van der Waals surface area (Å²) in [6, 6.07) is 16.4. The fourth-order valence-electron chi connectivity index (χ4n) is 6.99. The van der Waals surface area contributed by atoms with Gasteiger partial charge in [0.15, 0.2) is 5.82 Å². The third-order valence-electron chi connectivity index (χ3n) is 9.38. The molecule has 0 bridgehead atoms. The van der Waals surface area contributed by atoms with E-state index in [0.29, 0.717) is 50.3 Å². The van der Waals surface area contributed by atoms with Crippen molar-refractivity contribution in [1.82, 2.24) is 29.7 Å². The Hall–Kier alpha value is -4.84. The van der Waals surface area contributed by atoms with Gasteiger partial charge in [-0.1, -0.05) is 49.6 Å². The summed E-state index contributed by atoms with van der Waals surface area (Å²) >= 11 is 0. The topological polar surface area (TPSA) is 123 Å². The maximum absolute atomic E-state index is 15.8. The number of benzene rings is 2. The Kier molecular flexibility index (Phi) is 8.35. The number of carbonyl (C=O) groups is 1. The van der Waals surface area contributed by atoms with Gasteiger partial charge in [-0.05, 0) is 53.1 Å². The summed E-state index contributed by atoms with van der Waals surface area (Å²) < 4.78 is 25.2. The van der Waals surface area contributed by atoms with Crippen LogP contribution in [0.3, 0.4) is 0 Å². The van der Waals surface area contributed by atoms with Crippen molar-refractivity contribution in [3.05, 3.63) is 106 Å². The molecule has 3 aromatic heterocycles. The summed E-state index contributed by atoms with van der Waals surface area (Å²) in [6.45, 7) is 2.68. The van der Waals surface area contributed by atoms with Gasteiger partial charge < -0.3 is 19.0 Å². The monoisotopic (exact) mass is 625 g/mol. The molecule has 4 heterocycles. The second-order valence-electron chi connectivity index (χ2n) is 12.2. The number of aromatic carboxylic acids is 1. The molecule has 46 heavy (non-hydrogen) atoms. The van der Waals surface area contributed by atoms with Crippen LogP contribution in [0.2, 0.25) is 0 Å². The molecule has 0 spiro atoms. The highest BCUT2D eigenvalue weighted by Crippen LogP contribution is 2.33. The average molecular weight is 626 g/mol. The minimum Gasteiger partial charge on any atom is -0.477 e. The number of piperazine rings is 1. The number of pyridine rings is 1. The van der Waals surface area contributed by atoms with Crippen molar-refractivity contribution in [2.24, 2.45) is 0 Å². The summed E-state index contributed by atoms with van der Waals surface area (Å²) in [7, 11) is 0. The lowest BCUT2D eigenvalue weighted by Crippen LogP contribution is -2.49. The van der Waals surface area contributed by atoms with Crippen molar-refractivity contribution in [1.29, 1.82) is 0 Å². The fourth-order valence-corrected chi connectivity index (χ4v) is 6.99. The lowest BCUT2D eigenvalue weighted by Gasteiger charge is -2.40. The normalized spacial score (nSPS) is 17.0. The summed E-state index contributed by atoms with van der Waals surface area (Å²) in [4.78, 5) is 29.4. The summed E-state index contributed by atoms with van der Waals surface area (Å²) in [5, 5.41) is 22.8. The van der Waals surface area contributed by atoms with E-state index in [1.807, 2.05) is 52.0 Å². The lowest BCUT2D eigenvalue weighted by atomic mass is 9.95. The Morgan fingerprint density at radius 1 is 1.02 bits per heavy atom. The number of nitrogens with zero attached hydrogens (tertiary/aromatic N) is 7. The molecular weight excluding hydrogens is 589 g/mol. The summed E-state index contributed by atoms with van der Waals surface area (Å²) in [6.07, 6.45) is 9.33. The minimum atomic E-state index is -1.34. The number of anilines is 1. The number of aromatic nitrogens is 5. The highest BCUT2D eigenvalue weighted by atomic mass is 19.1. The van der Waals surface area contributed by atoms with Crippen LogP contribution >= 0.6 is 0 Å². The number of carboxylic acids is 1. The van der Waals surface area contributed by atoms with Crippen LogP contribution in [-0.2, 0) is 13.0 Å². The molecule has 2 aliphatic rings. The summed E-state index contributed by atoms with van der Waals surface area (Å²) in [5.74, 6) is -0.218. The Morgan fingerprint density at radius 3 is 2.52 bits per heavy atom. The molecule has 1 aliphatic carbocycles. The van der Waals surface area contributed by atoms with E-state index < -0.39 is 17.2 Å². The smallest absolute Gasteiger partial charge is 0.341 e. The standard InChI is InChI=1S/C34H36FN7O4/c35-28-19-26-29(41(21-23-8-3-1-4-9-23)22-27(32(26)43)34(44)45)20-30(28)39-13-15-40(16-14-39)31(18-25-12-7-17-46-25)33-36-37-38-42(33)24-10-5-2-6-11-24/h1,3-4,7-9,12,17,19-20,22,24,31H,2,5-6,10-11,13-16,18,21H2,(H,44,45). The molecule has 1 atom stereocenters. The highest BCUT2D eigenvalue weighted by Gasteiger charge is 2.33. The SMILES string of the molecule is O=C(O)c1cn(Cc2ccccc2)c2cc(N3CCN(C(Cc4ccco4)c4nnnn4C4CCCCC4)CC3)c(F)cc2c1=O. The van der Waals surface area contributed by atoms with Crippen LogP contribution in [0.1, 0.15) is 71.7 Å². The Labute approximate surface area is 264 Å². The van der Waals surface area contributed by atoms with Gasteiger partial charge in [0.05, 0.1) is 29.6 Å². The number of rotatable bonds is 9. The van der Waals surface area contributed by atoms with Gasteiger partial charge in [0.25, 0.3) is 0 Å². The Bertz CT molecular complexity index is 1880. The van der Waals surface area contributed by atoms with Crippen molar-refractivity contribution in [3.8, 4) is 0 Å². The van der Waals surface area contributed by atoms with Gasteiger partial charge in [0, 0.05) is 50.7 Å². The maximum atomic E-state index is 15.8. The maximum Gasteiger partial charge on any atom is 0.341 e. The van der Waals surface area contributed by atoms with E-state index >= 15 is 4.39 Å². The predicted octanol–water partition coefficient (Wildman–Crippen LogP) is 5.08. The molecule has 1 unspecified atom stereocenters. The van der Waals surface area contributed by atoms with E-state index in [9.17, 15) is 14.7 Å². The van der Waals surface area contributed by atoms with Crippen LogP contribution in [0, 0.1) is 5.82 Å². The first-order valence-corrected chi connectivity index (χ1v) is 15.9. The molecule has 1 saturated heterocycles. The first kappa shape index (κ1) is 29.8. The van der Waals surface area contributed by atoms with Crippen LogP contribution in [-0.4, -0.2) is 66.9 Å². The number of halogens is 1. The third kappa shape index (κ3) is 5.92. The van der Waals surface area contributed by atoms with Crippen LogP contribution < -0.4 is 10.3 Å². The molecule has 7 rings (SSSR count). The number of hydrogen-bond donors (Lipinski definition) is 1. The first-order chi connectivity index (χ1) is 22.5. The molecular formula is C34H36FN7O4. The molecule has 11 nitrogen and oxygen atoms in total. The van der Waals surface area contributed by atoms with Crippen molar-refractivity contribution >= 4 is 22.6 Å². The molecule has 2 fully saturated rings. The number of fused-ring (bicyclic) bond motifs is 1. The zero-order chi connectivity index (χ0) is 31.6. The van der Waals surface area contributed by atoms with Gasteiger partial charge in [0.2, 0.25) is 5.43 Å². The number of tetrazole rings is 1. The molecule has 238 valence electrons. The molecule has 0 amide bonds. The number of furan rings is 1. The van der Waals surface area contributed by atoms with Gasteiger partial charge in [-0.15, -0.1) is 5.10 Å². The van der Waals surface area contributed by atoms with Gasteiger partial charge in [-0.3, -0.25) is 9.69 Å². The predicted molar refractivity (Wildman–Crippen MR) is 170 cm³/mol. The van der Waals surface area contributed by atoms with E-state index in [4.69, 9.17) is 4.42 Å². The van der Waals surface area contributed by atoms with Crippen LogP contribution in [0.4, 0.5) is 10.1 Å². The number of carboxylic acid groups (broad SMARTS) is 1. The molecule has 0 radical (unpaired) electrons. The summed E-state index contributed by atoms with van der Waals surface area (Å²) in [5.41, 5.74) is 0.716.